The Hall–Kier alpha value is -2.30. The number of hydrogen-bond acceptors (Lipinski definition) is 3. The molecule has 2 heterocycles. The van der Waals surface area contributed by atoms with Crippen LogP contribution in [0.2, 0.25) is 0 Å². The Kier molecular flexibility index (Phi) is 4.47. The van der Waals surface area contributed by atoms with Crippen molar-refractivity contribution in [3.05, 3.63) is 77.7 Å². The summed E-state index contributed by atoms with van der Waals surface area (Å²) in [5.41, 5.74) is 3.03. The van der Waals surface area contributed by atoms with Gasteiger partial charge in [0.25, 0.3) is 0 Å². The Morgan fingerprint density at radius 1 is 1.04 bits per heavy atom. The molecule has 2 atom stereocenters. The van der Waals surface area contributed by atoms with E-state index in [-0.39, 0.29) is 11.7 Å². The summed E-state index contributed by atoms with van der Waals surface area (Å²) in [7, 11) is 0. The number of aliphatic hydroxyl groups excluding tert-OH is 1. The molecule has 4 heteroatoms. The molecule has 1 N–H and O–H groups in total. The lowest BCUT2D eigenvalue weighted by Gasteiger charge is -2.36. The molecular weight excluding hydrogens is 315 g/mol. The molecule has 0 radical (unpaired) electrons. The van der Waals surface area contributed by atoms with Crippen LogP contribution in [0.25, 0.3) is 10.9 Å². The molecule has 0 saturated carbocycles. The van der Waals surface area contributed by atoms with Crippen LogP contribution in [0.5, 0.6) is 0 Å². The van der Waals surface area contributed by atoms with E-state index in [1.807, 2.05) is 18.2 Å². The van der Waals surface area contributed by atoms with Crippen LogP contribution < -0.4 is 0 Å². The fraction of sp³-hybridized carbons (Fsp3) is 0.286. The van der Waals surface area contributed by atoms with Crippen molar-refractivity contribution in [2.75, 3.05) is 13.1 Å². The summed E-state index contributed by atoms with van der Waals surface area (Å²) < 4.78 is 13.1. The lowest BCUT2D eigenvalue weighted by Crippen LogP contribution is -2.42. The van der Waals surface area contributed by atoms with Crippen molar-refractivity contribution in [3.63, 3.8) is 0 Å². The van der Waals surface area contributed by atoms with Crippen molar-refractivity contribution in [1.29, 1.82) is 0 Å². The van der Waals surface area contributed by atoms with Crippen molar-refractivity contribution < 1.29 is 9.50 Å². The second-order valence-electron chi connectivity index (χ2n) is 6.74. The van der Waals surface area contributed by atoms with E-state index in [2.05, 4.69) is 23.1 Å². The molecule has 1 fully saturated rings. The zero-order chi connectivity index (χ0) is 17.2. The number of aromatic nitrogens is 1. The number of piperidine rings is 1. The molecule has 1 aliphatic rings. The van der Waals surface area contributed by atoms with Gasteiger partial charge < -0.3 is 5.11 Å². The highest BCUT2D eigenvalue weighted by molar-refractivity contribution is 5.78. The Bertz CT molecular complexity index is 865. The predicted octanol–water partition coefficient (Wildman–Crippen LogP) is 3.72. The van der Waals surface area contributed by atoms with Crippen LogP contribution in [0.1, 0.15) is 23.6 Å². The van der Waals surface area contributed by atoms with Gasteiger partial charge >= 0.3 is 0 Å². The fourth-order valence-corrected chi connectivity index (χ4v) is 3.66. The van der Waals surface area contributed by atoms with Gasteiger partial charge in [0.2, 0.25) is 0 Å². The van der Waals surface area contributed by atoms with Crippen LogP contribution in [0, 0.1) is 5.82 Å². The molecule has 0 spiro atoms. The highest BCUT2D eigenvalue weighted by atomic mass is 19.1. The van der Waals surface area contributed by atoms with Gasteiger partial charge in [0.05, 0.1) is 17.3 Å². The number of para-hydroxylation sites is 1. The van der Waals surface area contributed by atoms with Crippen molar-refractivity contribution >= 4 is 10.9 Å². The Labute approximate surface area is 146 Å². The van der Waals surface area contributed by atoms with E-state index in [1.54, 1.807) is 12.1 Å². The summed E-state index contributed by atoms with van der Waals surface area (Å²) in [5.74, 6) is -0.167. The molecule has 4 rings (SSSR count). The number of pyridine rings is 1. The van der Waals surface area contributed by atoms with E-state index in [1.165, 1.54) is 12.1 Å². The molecule has 1 saturated heterocycles. The second-order valence-corrected chi connectivity index (χ2v) is 6.74. The first-order valence-corrected chi connectivity index (χ1v) is 8.69. The SMILES string of the molecule is O[C@@H]1CN(Cc2ccc3ccccc3n2)CC[C@H]1c1ccc(F)cc1. The number of halogens is 1. The number of benzene rings is 2. The van der Waals surface area contributed by atoms with Crippen LogP contribution in [-0.2, 0) is 6.54 Å². The van der Waals surface area contributed by atoms with Crippen molar-refractivity contribution in [2.45, 2.75) is 25.0 Å². The first kappa shape index (κ1) is 16.2. The van der Waals surface area contributed by atoms with Gasteiger partial charge in [-0.25, -0.2) is 4.39 Å². The van der Waals surface area contributed by atoms with E-state index >= 15 is 0 Å². The lowest BCUT2D eigenvalue weighted by atomic mass is 9.87. The maximum Gasteiger partial charge on any atom is 0.123 e. The topological polar surface area (TPSA) is 36.4 Å². The minimum Gasteiger partial charge on any atom is -0.391 e. The highest BCUT2D eigenvalue weighted by Gasteiger charge is 2.29. The molecule has 128 valence electrons. The smallest absolute Gasteiger partial charge is 0.123 e. The Balaban J connectivity index is 1.44. The van der Waals surface area contributed by atoms with Crippen LogP contribution in [-0.4, -0.2) is 34.2 Å². The van der Waals surface area contributed by atoms with Gasteiger partial charge in [0.1, 0.15) is 5.82 Å². The molecule has 0 bridgehead atoms. The molecule has 1 aromatic heterocycles. The fourth-order valence-electron chi connectivity index (χ4n) is 3.66. The minimum absolute atomic E-state index is 0.0708. The molecular formula is C21H21FN2O. The van der Waals surface area contributed by atoms with Crippen LogP contribution >= 0.6 is 0 Å². The molecule has 3 aromatic rings. The number of likely N-dealkylation sites (tertiary alicyclic amines) is 1. The number of hydrogen-bond donors (Lipinski definition) is 1. The third-order valence-electron chi connectivity index (χ3n) is 5.01. The van der Waals surface area contributed by atoms with Gasteiger partial charge in [0.15, 0.2) is 0 Å². The summed E-state index contributed by atoms with van der Waals surface area (Å²) in [5, 5.41) is 11.7. The zero-order valence-electron chi connectivity index (χ0n) is 14.0. The summed E-state index contributed by atoms with van der Waals surface area (Å²) in [4.78, 5) is 6.95. The van der Waals surface area contributed by atoms with Crippen LogP contribution in [0.3, 0.4) is 0 Å². The second kappa shape index (κ2) is 6.90. The maximum absolute atomic E-state index is 13.1. The monoisotopic (exact) mass is 336 g/mol. The summed E-state index contributed by atoms with van der Waals surface area (Å²) in [6.45, 7) is 2.24. The van der Waals surface area contributed by atoms with Gasteiger partial charge in [-0.15, -0.1) is 0 Å². The molecule has 3 nitrogen and oxygen atoms in total. The maximum atomic E-state index is 13.1. The highest BCUT2D eigenvalue weighted by Crippen LogP contribution is 2.29. The Morgan fingerprint density at radius 2 is 1.84 bits per heavy atom. The average molecular weight is 336 g/mol. The molecule has 2 aromatic carbocycles. The first-order valence-electron chi connectivity index (χ1n) is 8.69. The van der Waals surface area contributed by atoms with Gasteiger partial charge in [-0.05, 0) is 42.8 Å². The van der Waals surface area contributed by atoms with Crippen molar-refractivity contribution in [2.24, 2.45) is 0 Å². The Morgan fingerprint density at radius 3 is 2.64 bits per heavy atom. The van der Waals surface area contributed by atoms with Crippen LogP contribution in [0.4, 0.5) is 4.39 Å². The number of aliphatic hydroxyl groups is 1. The van der Waals surface area contributed by atoms with Gasteiger partial charge in [-0.1, -0.05) is 36.4 Å². The van der Waals surface area contributed by atoms with Gasteiger partial charge in [0, 0.05) is 24.4 Å². The van der Waals surface area contributed by atoms with E-state index in [4.69, 9.17) is 4.98 Å². The number of nitrogens with zero attached hydrogens (tertiary/aromatic N) is 2. The van der Waals surface area contributed by atoms with Gasteiger partial charge in [-0.2, -0.15) is 0 Å². The van der Waals surface area contributed by atoms with Crippen LogP contribution in [0.15, 0.2) is 60.7 Å². The third-order valence-corrected chi connectivity index (χ3v) is 5.01. The standard InChI is InChI=1S/C21H21FN2O/c22-17-8-5-15(6-9-17)19-11-12-24(14-21(19)25)13-18-10-7-16-3-1-2-4-20(16)23-18/h1-10,19,21,25H,11-14H2/t19-,21+/m0/s1. The molecule has 0 unspecified atom stereocenters. The van der Waals surface area contributed by atoms with Crippen molar-refractivity contribution in [3.8, 4) is 0 Å². The van der Waals surface area contributed by atoms with E-state index < -0.39 is 6.10 Å². The quantitative estimate of drug-likeness (QED) is 0.792. The predicted molar refractivity (Wildman–Crippen MR) is 96.8 cm³/mol. The van der Waals surface area contributed by atoms with Gasteiger partial charge in [-0.3, -0.25) is 9.88 Å². The average Bonchev–Trinajstić information content (AvgIpc) is 2.63. The largest absolute Gasteiger partial charge is 0.391 e. The summed E-state index contributed by atoms with van der Waals surface area (Å²) >= 11 is 0. The molecule has 25 heavy (non-hydrogen) atoms. The minimum atomic E-state index is -0.445. The summed E-state index contributed by atoms with van der Waals surface area (Å²) in [6.07, 6.45) is 0.417. The van der Waals surface area contributed by atoms with E-state index in [9.17, 15) is 9.50 Å². The first-order chi connectivity index (χ1) is 12.2. The zero-order valence-corrected chi connectivity index (χ0v) is 14.0. The normalized spacial score (nSPS) is 21.5. The lowest BCUT2D eigenvalue weighted by molar-refractivity contribution is 0.0471. The number of β-amino-alcohol motifs (C(OH)–C–C–N with tert-alkyl or cyclic N) is 1. The molecule has 0 amide bonds. The molecule has 0 aliphatic carbocycles. The van der Waals surface area contributed by atoms with Crippen molar-refractivity contribution in [1.82, 2.24) is 9.88 Å². The third kappa shape index (κ3) is 3.55. The number of fused-ring (bicyclic) bond motifs is 1. The summed E-state index contributed by atoms with van der Waals surface area (Å²) in [6, 6.07) is 18.7. The van der Waals surface area contributed by atoms with E-state index in [0.29, 0.717) is 6.54 Å². The van der Waals surface area contributed by atoms with E-state index in [0.717, 1.165) is 41.7 Å². The molecule has 1 aliphatic heterocycles. The number of rotatable bonds is 3.